The lowest BCUT2D eigenvalue weighted by atomic mass is 10.4. The number of hydrogen-bond acceptors (Lipinski definition) is 2. The Morgan fingerprint density at radius 1 is 1.75 bits per heavy atom. The zero-order valence-electron chi connectivity index (χ0n) is 6.13. The van der Waals surface area contributed by atoms with Crippen LogP contribution in [0.2, 0.25) is 0 Å². The average Bonchev–Trinajstić information content (AvgIpc) is 2.45. The van der Waals surface area contributed by atoms with Crippen LogP contribution in [0, 0.1) is 0 Å². The van der Waals surface area contributed by atoms with Gasteiger partial charge in [-0.25, -0.2) is 4.68 Å². The van der Waals surface area contributed by atoms with Crippen molar-refractivity contribution >= 4 is 51.4 Å². The summed E-state index contributed by atoms with van der Waals surface area (Å²) in [6, 6.07) is 1.86. The summed E-state index contributed by atoms with van der Waals surface area (Å²) < 4.78 is 7.44. The summed E-state index contributed by atoms with van der Waals surface area (Å²) in [7, 11) is 0. The zero-order chi connectivity index (χ0) is 9.14. The first-order valence-corrected chi connectivity index (χ1v) is 4.69. The maximum Gasteiger partial charge on any atom is 0.192 e. The van der Waals surface area contributed by atoms with E-state index in [1.165, 1.54) is 0 Å². The van der Waals surface area contributed by atoms with Gasteiger partial charge in [0.15, 0.2) is 28.8 Å². The Kier molecular flexibility index (Phi) is 3.33. The molecule has 64 valence electrons. The largest absolute Gasteiger partial charge is 0.426 e. The molecule has 0 saturated carbocycles. The first-order chi connectivity index (χ1) is 5.69. The average molecular weight is 341 g/mol. The minimum Gasteiger partial charge on any atom is -0.426 e. The van der Waals surface area contributed by atoms with Gasteiger partial charge in [-0.2, -0.15) is 5.10 Å². The first kappa shape index (κ1) is 9.79. The molecule has 5 heteroatoms. The van der Waals surface area contributed by atoms with E-state index in [0.29, 0.717) is 5.76 Å². The van der Waals surface area contributed by atoms with Gasteiger partial charge in [0, 0.05) is 17.4 Å². The molecule has 12 heavy (non-hydrogen) atoms. The van der Waals surface area contributed by atoms with Gasteiger partial charge < -0.3 is 3.07 Å². The van der Waals surface area contributed by atoms with E-state index >= 15 is 0 Å². The van der Waals surface area contributed by atoms with E-state index in [4.69, 9.17) is 3.07 Å². The fourth-order valence-corrected chi connectivity index (χ4v) is 1.42. The van der Waals surface area contributed by atoms with Crippen LogP contribution < -0.4 is 0 Å². The van der Waals surface area contributed by atoms with E-state index in [0.717, 1.165) is 10.2 Å². The van der Waals surface area contributed by atoms with Gasteiger partial charge in [0.05, 0.1) is 0 Å². The molecule has 1 rings (SSSR count). The Morgan fingerprint density at radius 3 is 2.92 bits per heavy atom. The standard InChI is InChI=1S/C7H6BrIN2O/c1-5(12-9)7-3-6(8)4-11(7)10-2/h3-4H,1-2H2. The third-order valence-corrected chi connectivity index (χ3v) is 2.26. The molecule has 0 fully saturated rings. The lowest BCUT2D eigenvalue weighted by molar-refractivity contribution is 0.661. The Bertz CT molecular complexity index is 321. The highest BCUT2D eigenvalue weighted by atomic mass is 127. The molecule has 0 atom stereocenters. The topological polar surface area (TPSA) is 26.5 Å². The molecule has 0 bridgehead atoms. The first-order valence-electron chi connectivity index (χ1n) is 3.02. The van der Waals surface area contributed by atoms with Gasteiger partial charge in [-0.05, 0) is 22.0 Å². The maximum atomic E-state index is 4.94. The van der Waals surface area contributed by atoms with Gasteiger partial charge in [-0.3, -0.25) is 0 Å². The van der Waals surface area contributed by atoms with Crippen LogP contribution in [-0.4, -0.2) is 11.4 Å². The molecule has 0 unspecified atom stereocenters. The van der Waals surface area contributed by atoms with E-state index < -0.39 is 0 Å². The summed E-state index contributed by atoms with van der Waals surface area (Å²) in [6.07, 6.45) is 1.78. The minimum absolute atomic E-state index is 0.550. The third kappa shape index (κ3) is 1.89. The Morgan fingerprint density at radius 2 is 2.42 bits per heavy atom. The molecule has 0 aliphatic carbocycles. The molecule has 0 spiro atoms. The molecular formula is C7H6BrIN2O. The maximum absolute atomic E-state index is 4.94. The second kappa shape index (κ2) is 4.08. The van der Waals surface area contributed by atoms with Crippen LogP contribution in [0.3, 0.4) is 0 Å². The number of rotatable bonds is 3. The predicted octanol–water partition coefficient (Wildman–Crippen LogP) is 3.05. The number of nitrogens with zero attached hydrogens (tertiary/aromatic N) is 2. The third-order valence-electron chi connectivity index (χ3n) is 1.30. The highest BCUT2D eigenvalue weighted by molar-refractivity contribution is 14.1. The Labute approximate surface area is 92.9 Å². The molecule has 3 nitrogen and oxygen atoms in total. The van der Waals surface area contributed by atoms with Gasteiger partial charge in [0.25, 0.3) is 0 Å². The van der Waals surface area contributed by atoms with Crippen molar-refractivity contribution in [2.45, 2.75) is 0 Å². The fraction of sp³-hybridized carbons (Fsp3) is 0. The summed E-state index contributed by atoms with van der Waals surface area (Å²) in [5.41, 5.74) is 0.784. The monoisotopic (exact) mass is 340 g/mol. The predicted molar refractivity (Wildman–Crippen MR) is 61.2 cm³/mol. The van der Waals surface area contributed by atoms with E-state index in [9.17, 15) is 0 Å². The Hall–Kier alpha value is -0.300. The minimum atomic E-state index is 0.550. The van der Waals surface area contributed by atoms with Crippen LogP contribution in [0.1, 0.15) is 5.69 Å². The summed E-state index contributed by atoms with van der Waals surface area (Å²) >= 11 is 5.08. The fourth-order valence-electron chi connectivity index (χ4n) is 0.785. The molecule has 1 aromatic heterocycles. The SMILES string of the molecule is C=Nn1cc(Br)cc1C(=C)OI. The van der Waals surface area contributed by atoms with Crippen molar-refractivity contribution in [3.05, 3.63) is 29.0 Å². The van der Waals surface area contributed by atoms with Crippen molar-refractivity contribution in [1.82, 2.24) is 4.68 Å². The van der Waals surface area contributed by atoms with Crippen LogP contribution in [0.4, 0.5) is 0 Å². The molecule has 1 aromatic rings. The summed E-state index contributed by atoms with van der Waals surface area (Å²) in [4.78, 5) is 0. The molecule has 0 aromatic carbocycles. The smallest absolute Gasteiger partial charge is 0.192 e. The normalized spacial score (nSPS) is 9.50. The lowest BCUT2D eigenvalue weighted by Gasteiger charge is -2.01. The molecule has 0 saturated heterocycles. The summed E-state index contributed by atoms with van der Waals surface area (Å²) in [6.45, 7) is 7.12. The van der Waals surface area contributed by atoms with Gasteiger partial charge in [0.1, 0.15) is 5.69 Å². The van der Waals surface area contributed by atoms with Crippen molar-refractivity contribution in [3.8, 4) is 0 Å². The van der Waals surface area contributed by atoms with Crippen LogP contribution in [-0.2, 0) is 3.07 Å². The Balaban J connectivity index is 3.12. The molecule has 0 aliphatic rings. The van der Waals surface area contributed by atoms with Gasteiger partial charge in [0.2, 0.25) is 0 Å². The van der Waals surface area contributed by atoms with Crippen molar-refractivity contribution in [1.29, 1.82) is 0 Å². The van der Waals surface area contributed by atoms with Gasteiger partial charge >= 0.3 is 0 Å². The van der Waals surface area contributed by atoms with Crippen molar-refractivity contribution in [3.63, 3.8) is 0 Å². The second-order valence-electron chi connectivity index (χ2n) is 2.03. The lowest BCUT2D eigenvalue weighted by Crippen LogP contribution is -1.91. The molecular weight excluding hydrogens is 335 g/mol. The zero-order valence-corrected chi connectivity index (χ0v) is 9.87. The van der Waals surface area contributed by atoms with Gasteiger partial charge in [-0.15, -0.1) is 0 Å². The van der Waals surface area contributed by atoms with Crippen LogP contribution in [0.15, 0.2) is 28.4 Å². The van der Waals surface area contributed by atoms with Crippen LogP contribution >= 0.6 is 38.9 Å². The van der Waals surface area contributed by atoms with E-state index in [1.54, 1.807) is 33.9 Å². The number of hydrogen-bond donors (Lipinski definition) is 0. The van der Waals surface area contributed by atoms with E-state index in [-0.39, 0.29) is 0 Å². The van der Waals surface area contributed by atoms with E-state index in [2.05, 4.69) is 34.3 Å². The van der Waals surface area contributed by atoms with E-state index in [1.807, 2.05) is 6.07 Å². The van der Waals surface area contributed by atoms with Crippen molar-refractivity contribution in [2.24, 2.45) is 5.10 Å². The van der Waals surface area contributed by atoms with Crippen LogP contribution in [0.5, 0.6) is 0 Å². The van der Waals surface area contributed by atoms with Crippen molar-refractivity contribution in [2.75, 3.05) is 0 Å². The van der Waals surface area contributed by atoms with Crippen molar-refractivity contribution < 1.29 is 3.07 Å². The molecule has 0 radical (unpaired) electrons. The molecule has 1 heterocycles. The highest BCUT2D eigenvalue weighted by Gasteiger charge is 2.07. The number of halogens is 2. The quantitative estimate of drug-likeness (QED) is 0.472. The van der Waals surface area contributed by atoms with Crippen LogP contribution in [0.25, 0.3) is 5.76 Å². The van der Waals surface area contributed by atoms with Gasteiger partial charge in [-0.1, -0.05) is 6.58 Å². The summed E-state index contributed by atoms with van der Waals surface area (Å²) in [5.74, 6) is 0.550. The molecule has 0 amide bonds. The number of aromatic nitrogens is 1. The summed E-state index contributed by atoms with van der Waals surface area (Å²) in [5, 5.41) is 3.75. The highest BCUT2D eigenvalue weighted by Crippen LogP contribution is 2.22. The second-order valence-corrected chi connectivity index (χ2v) is 3.39. The molecule has 0 N–H and O–H groups in total. The molecule has 0 aliphatic heterocycles.